The van der Waals surface area contributed by atoms with Crippen molar-refractivity contribution in [3.8, 4) is 6.07 Å². The van der Waals surface area contributed by atoms with Crippen molar-refractivity contribution >= 4 is 17.4 Å². The van der Waals surface area contributed by atoms with Gasteiger partial charge in [0.1, 0.15) is 0 Å². The van der Waals surface area contributed by atoms with Crippen LogP contribution < -0.4 is 5.32 Å². The van der Waals surface area contributed by atoms with Gasteiger partial charge in [-0.25, -0.2) is 0 Å². The molecule has 1 aliphatic carbocycles. The summed E-state index contributed by atoms with van der Waals surface area (Å²) in [6, 6.07) is 9.90. The maximum atomic E-state index is 8.86. The molecule has 0 spiro atoms. The second-order valence-corrected chi connectivity index (χ2v) is 5.91. The van der Waals surface area contributed by atoms with E-state index in [1.807, 2.05) is 36.0 Å². The molecule has 1 saturated carbocycles. The van der Waals surface area contributed by atoms with E-state index < -0.39 is 0 Å². The highest BCUT2D eigenvalue weighted by atomic mass is 32.2. The Hall–Kier alpha value is -1.14. The van der Waals surface area contributed by atoms with E-state index in [0.29, 0.717) is 4.75 Å². The van der Waals surface area contributed by atoms with Crippen molar-refractivity contribution in [2.75, 3.05) is 18.1 Å². The number of nitriles is 1. The Balaban J connectivity index is 1.99. The summed E-state index contributed by atoms with van der Waals surface area (Å²) in [7, 11) is 0. The van der Waals surface area contributed by atoms with E-state index in [1.54, 1.807) is 0 Å². The first-order chi connectivity index (χ1) is 8.28. The molecule has 2 rings (SSSR count). The molecule has 17 heavy (non-hydrogen) atoms. The summed E-state index contributed by atoms with van der Waals surface area (Å²) in [5.74, 6) is 0. The third kappa shape index (κ3) is 2.95. The minimum atomic E-state index is 0.405. The van der Waals surface area contributed by atoms with Crippen LogP contribution in [-0.2, 0) is 0 Å². The molecule has 1 aliphatic rings. The van der Waals surface area contributed by atoms with E-state index in [1.165, 1.54) is 25.7 Å². The van der Waals surface area contributed by atoms with Crippen LogP contribution in [0.15, 0.2) is 24.3 Å². The van der Waals surface area contributed by atoms with E-state index in [-0.39, 0.29) is 0 Å². The molecule has 0 saturated heterocycles. The third-order valence-electron chi connectivity index (χ3n) is 3.55. The first-order valence-corrected chi connectivity index (χ1v) is 7.30. The van der Waals surface area contributed by atoms with Gasteiger partial charge in [-0.1, -0.05) is 18.9 Å². The van der Waals surface area contributed by atoms with E-state index in [4.69, 9.17) is 5.26 Å². The fraction of sp³-hybridized carbons (Fsp3) is 0.500. The Morgan fingerprint density at radius 1 is 1.41 bits per heavy atom. The summed E-state index contributed by atoms with van der Waals surface area (Å²) in [6.45, 7) is 1.00. The second kappa shape index (κ2) is 5.46. The molecule has 0 radical (unpaired) electrons. The van der Waals surface area contributed by atoms with Crippen molar-refractivity contribution in [2.24, 2.45) is 0 Å². The zero-order valence-electron chi connectivity index (χ0n) is 10.2. The number of nitrogens with one attached hydrogen (secondary N) is 1. The smallest absolute Gasteiger partial charge is 0.0992 e. The van der Waals surface area contributed by atoms with Crippen molar-refractivity contribution in [1.29, 1.82) is 5.26 Å². The minimum absolute atomic E-state index is 0.405. The highest BCUT2D eigenvalue weighted by molar-refractivity contribution is 8.00. The molecule has 0 heterocycles. The lowest BCUT2D eigenvalue weighted by atomic mass is 10.1. The second-order valence-electron chi connectivity index (χ2n) is 4.64. The van der Waals surface area contributed by atoms with E-state index in [0.717, 1.165) is 17.8 Å². The number of rotatable bonds is 4. The van der Waals surface area contributed by atoms with Crippen LogP contribution in [0.3, 0.4) is 0 Å². The van der Waals surface area contributed by atoms with Gasteiger partial charge in [0.25, 0.3) is 0 Å². The summed E-state index contributed by atoms with van der Waals surface area (Å²) >= 11 is 1.98. The minimum Gasteiger partial charge on any atom is -0.384 e. The first-order valence-electron chi connectivity index (χ1n) is 6.07. The Bertz CT molecular complexity index is 416. The van der Waals surface area contributed by atoms with Gasteiger partial charge in [0.05, 0.1) is 11.6 Å². The molecule has 0 unspecified atom stereocenters. The van der Waals surface area contributed by atoms with Crippen molar-refractivity contribution in [3.63, 3.8) is 0 Å². The van der Waals surface area contributed by atoms with Crippen LogP contribution in [0.2, 0.25) is 0 Å². The Labute approximate surface area is 107 Å². The number of nitrogens with zero attached hydrogens (tertiary/aromatic N) is 1. The summed E-state index contributed by atoms with van der Waals surface area (Å²) in [5.41, 5.74) is 1.78. The van der Waals surface area contributed by atoms with Gasteiger partial charge in [0, 0.05) is 17.0 Å². The monoisotopic (exact) mass is 246 g/mol. The molecule has 1 aromatic rings. The Kier molecular flexibility index (Phi) is 3.96. The number of hydrogen-bond donors (Lipinski definition) is 1. The molecule has 0 atom stereocenters. The average molecular weight is 246 g/mol. The quantitative estimate of drug-likeness (QED) is 0.881. The molecule has 0 aliphatic heterocycles. The number of anilines is 1. The van der Waals surface area contributed by atoms with Crippen LogP contribution in [-0.4, -0.2) is 17.5 Å². The van der Waals surface area contributed by atoms with Gasteiger partial charge in [0.2, 0.25) is 0 Å². The Morgan fingerprint density at radius 2 is 2.18 bits per heavy atom. The highest BCUT2D eigenvalue weighted by Crippen LogP contribution is 2.40. The van der Waals surface area contributed by atoms with Crippen LogP contribution in [0, 0.1) is 11.3 Å². The Morgan fingerprint density at radius 3 is 2.82 bits per heavy atom. The summed E-state index contributed by atoms with van der Waals surface area (Å²) in [5, 5.41) is 12.3. The van der Waals surface area contributed by atoms with Crippen molar-refractivity contribution < 1.29 is 0 Å². The number of thioether (sulfide) groups is 1. The summed E-state index contributed by atoms with van der Waals surface area (Å²) in [4.78, 5) is 0. The molecular weight excluding hydrogens is 228 g/mol. The first kappa shape index (κ1) is 12.3. The zero-order valence-corrected chi connectivity index (χ0v) is 11.0. The molecule has 0 aromatic heterocycles. The van der Waals surface area contributed by atoms with E-state index >= 15 is 0 Å². The highest BCUT2D eigenvalue weighted by Gasteiger charge is 2.32. The molecule has 3 heteroatoms. The van der Waals surface area contributed by atoms with Gasteiger partial charge in [-0.3, -0.25) is 0 Å². The predicted molar refractivity (Wildman–Crippen MR) is 74.4 cm³/mol. The standard InChI is InChI=1S/C14H18N2S/c1-17-14(7-2-3-8-14)11-16-13-6-4-5-12(9-13)10-15/h4-6,9,16H,2-3,7-8,11H2,1H3. The van der Waals surface area contributed by atoms with Crippen molar-refractivity contribution in [2.45, 2.75) is 30.4 Å². The lowest BCUT2D eigenvalue weighted by molar-refractivity contribution is 0.640. The van der Waals surface area contributed by atoms with Gasteiger partial charge in [-0.05, 0) is 37.3 Å². The van der Waals surface area contributed by atoms with Crippen LogP contribution in [0.1, 0.15) is 31.2 Å². The SMILES string of the molecule is CSC1(CNc2cccc(C#N)c2)CCCC1. The summed E-state index contributed by atoms with van der Waals surface area (Å²) < 4.78 is 0.405. The van der Waals surface area contributed by atoms with Crippen LogP contribution in [0.4, 0.5) is 5.69 Å². The fourth-order valence-corrected chi connectivity index (χ4v) is 3.35. The van der Waals surface area contributed by atoms with Gasteiger partial charge in [0.15, 0.2) is 0 Å². The van der Waals surface area contributed by atoms with Crippen LogP contribution >= 0.6 is 11.8 Å². The van der Waals surface area contributed by atoms with Gasteiger partial charge >= 0.3 is 0 Å². The molecule has 1 N–H and O–H groups in total. The van der Waals surface area contributed by atoms with Crippen molar-refractivity contribution in [1.82, 2.24) is 0 Å². The van der Waals surface area contributed by atoms with E-state index in [9.17, 15) is 0 Å². The molecule has 90 valence electrons. The fourth-order valence-electron chi connectivity index (χ4n) is 2.43. The maximum absolute atomic E-state index is 8.86. The number of benzene rings is 1. The molecular formula is C14H18N2S. The molecule has 1 fully saturated rings. The lowest BCUT2D eigenvalue weighted by Gasteiger charge is -2.27. The number of hydrogen-bond acceptors (Lipinski definition) is 3. The summed E-state index contributed by atoms with van der Waals surface area (Å²) in [6.07, 6.45) is 7.51. The van der Waals surface area contributed by atoms with Crippen LogP contribution in [0.5, 0.6) is 0 Å². The van der Waals surface area contributed by atoms with Crippen molar-refractivity contribution in [3.05, 3.63) is 29.8 Å². The maximum Gasteiger partial charge on any atom is 0.0992 e. The van der Waals surface area contributed by atoms with Gasteiger partial charge < -0.3 is 5.32 Å². The molecule has 1 aromatic carbocycles. The zero-order chi connectivity index (χ0) is 12.1. The topological polar surface area (TPSA) is 35.8 Å². The lowest BCUT2D eigenvalue weighted by Crippen LogP contribution is -2.29. The normalized spacial score (nSPS) is 17.6. The predicted octanol–water partition coefficient (Wildman–Crippen LogP) is 3.65. The largest absolute Gasteiger partial charge is 0.384 e. The van der Waals surface area contributed by atoms with Crippen LogP contribution in [0.25, 0.3) is 0 Å². The third-order valence-corrected chi connectivity index (χ3v) is 4.97. The average Bonchev–Trinajstić information content (AvgIpc) is 2.86. The van der Waals surface area contributed by atoms with Gasteiger partial charge in [-0.15, -0.1) is 0 Å². The molecule has 0 bridgehead atoms. The van der Waals surface area contributed by atoms with Gasteiger partial charge in [-0.2, -0.15) is 17.0 Å². The molecule has 2 nitrogen and oxygen atoms in total. The molecule has 0 amide bonds. The van der Waals surface area contributed by atoms with E-state index in [2.05, 4.69) is 17.6 Å².